The summed E-state index contributed by atoms with van der Waals surface area (Å²) in [6.45, 7) is 1.35. The van der Waals surface area contributed by atoms with Gasteiger partial charge in [-0.1, -0.05) is 18.2 Å². The molecule has 2 aromatic carbocycles. The quantitative estimate of drug-likeness (QED) is 0.665. The van der Waals surface area contributed by atoms with Crippen molar-refractivity contribution >= 4 is 17.7 Å². The number of benzene rings is 2. The van der Waals surface area contributed by atoms with E-state index in [1.54, 1.807) is 6.07 Å². The van der Waals surface area contributed by atoms with Crippen LogP contribution in [0.5, 0.6) is 0 Å². The molecular weight excluding hydrogens is 484 g/mol. The number of piperidine rings is 1. The number of ether oxygens (including phenoxy) is 2. The fraction of sp³-hybridized carbons (Fsp3) is 0.444. The third-order valence-corrected chi connectivity index (χ3v) is 7.32. The van der Waals surface area contributed by atoms with E-state index in [9.17, 15) is 23.2 Å². The molecule has 0 saturated carbocycles. The van der Waals surface area contributed by atoms with E-state index < -0.39 is 35.2 Å². The first-order valence-corrected chi connectivity index (χ1v) is 12.5. The summed E-state index contributed by atoms with van der Waals surface area (Å²) in [7, 11) is 0. The third kappa shape index (κ3) is 5.08. The van der Waals surface area contributed by atoms with Crippen molar-refractivity contribution in [2.45, 2.75) is 43.6 Å². The van der Waals surface area contributed by atoms with Crippen LogP contribution in [0, 0.1) is 11.6 Å². The fourth-order valence-electron chi connectivity index (χ4n) is 5.33. The van der Waals surface area contributed by atoms with E-state index in [0.717, 1.165) is 18.9 Å². The summed E-state index contributed by atoms with van der Waals surface area (Å²) < 4.78 is 39.9. The number of carbonyl (C=O) groups excluding carboxylic acids is 3. The van der Waals surface area contributed by atoms with Crippen LogP contribution in [0.3, 0.4) is 0 Å². The van der Waals surface area contributed by atoms with Crippen molar-refractivity contribution in [3.05, 3.63) is 71.3 Å². The number of hydrogen-bond acceptors (Lipinski definition) is 5. The minimum Gasteiger partial charge on any atom is -0.376 e. The number of likely N-dealkylation sites (tertiary alicyclic amines) is 1. The largest absolute Gasteiger partial charge is 0.376 e. The molecule has 3 saturated heterocycles. The van der Waals surface area contributed by atoms with Crippen molar-refractivity contribution in [3.63, 3.8) is 0 Å². The molecular formula is C27H29F2N3O5. The summed E-state index contributed by atoms with van der Waals surface area (Å²) in [5.41, 5.74) is -1.07. The molecule has 3 aliphatic heterocycles. The van der Waals surface area contributed by atoms with Gasteiger partial charge in [0.2, 0.25) is 5.91 Å². The van der Waals surface area contributed by atoms with E-state index in [1.807, 2.05) is 0 Å². The molecule has 3 fully saturated rings. The second-order valence-corrected chi connectivity index (χ2v) is 9.61. The average Bonchev–Trinajstić information content (AvgIpc) is 3.56. The zero-order chi connectivity index (χ0) is 26.0. The lowest BCUT2D eigenvalue weighted by Crippen LogP contribution is -2.60. The maximum Gasteiger partial charge on any atom is 0.256 e. The Balaban J connectivity index is 1.36. The molecule has 0 bridgehead atoms. The van der Waals surface area contributed by atoms with Crippen LogP contribution < -0.4 is 5.32 Å². The van der Waals surface area contributed by atoms with Gasteiger partial charge in [-0.15, -0.1) is 0 Å². The first kappa shape index (κ1) is 25.3. The molecule has 10 heteroatoms. The molecule has 3 aliphatic rings. The number of hydrogen-bond donors (Lipinski definition) is 1. The van der Waals surface area contributed by atoms with E-state index in [2.05, 4.69) is 5.32 Å². The molecule has 8 nitrogen and oxygen atoms in total. The van der Waals surface area contributed by atoms with Gasteiger partial charge in [0.05, 0.1) is 18.3 Å². The minimum absolute atomic E-state index is 0.0233. The van der Waals surface area contributed by atoms with Crippen molar-refractivity contribution in [1.82, 2.24) is 15.1 Å². The smallest absolute Gasteiger partial charge is 0.256 e. The summed E-state index contributed by atoms with van der Waals surface area (Å²) in [5.74, 6) is -2.51. The molecule has 0 radical (unpaired) electrons. The van der Waals surface area contributed by atoms with Crippen LogP contribution >= 0.6 is 0 Å². The Labute approximate surface area is 213 Å². The molecule has 5 rings (SSSR count). The predicted molar refractivity (Wildman–Crippen MR) is 129 cm³/mol. The van der Waals surface area contributed by atoms with Gasteiger partial charge in [-0.3, -0.25) is 19.3 Å². The molecule has 0 unspecified atom stereocenters. The molecule has 1 N–H and O–H groups in total. The summed E-state index contributed by atoms with van der Waals surface area (Å²) in [6.07, 6.45) is 2.17. The summed E-state index contributed by atoms with van der Waals surface area (Å²) in [5, 5.41) is 2.87. The Hall–Kier alpha value is -3.37. The fourth-order valence-corrected chi connectivity index (χ4v) is 5.33. The lowest BCUT2D eigenvalue weighted by Gasteiger charge is -2.44. The average molecular weight is 514 g/mol. The zero-order valence-electron chi connectivity index (χ0n) is 20.3. The van der Waals surface area contributed by atoms with Gasteiger partial charge in [0, 0.05) is 44.6 Å². The van der Waals surface area contributed by atoms with Crippen LogP contribution in [-0.2, 0) is 14.3 Å². The Morgan fingerprint density at radius 1 is 1.03 bits per heavy atom. The Kier molecular flexibility index (Phi) is 7.21. The normalized spacial score (nSPS) is 22.9. The molecule has 3 amide bonds. The van der Waals surface area contributed by atoms with Crippen molar-refractivity contribution in [3.8, 4) is 0 Å². The van der Waals surface area contributed by atoms with E-state index >= 15 is 0 Å². The molecule has 0 aromatic heterocycles. The van der Waals surface area contributed by atoms with Gasteiger partial charge in [-0.2, -0.15) is 0 Å². The molecule has 37 heavy (non-hydrogen) atoms. The van der Waals surface area contributed by atoms with Crippen molar-refractivity contribution < 1.29 is 32.6 Å². The van der Waals surface area contributed by atoms with Gasteiger partial charge in [-0.25, -0.2) is 8.78 Å². The standard InChI is InChI=1S/C27H29F2N3O5/c28-19-6-3-5-18(15-19)25(34)32-23(24(33)30-16-20-7-4-14-36-20)17-37-27(32)10-12-31(13-11-27)26(35)21-8-1-2-9-22(21)29/h1-3,5-6,8-9,15,20,23H,4,7,10-14,16-17H2,(H,30,33)/t20-,23+/m1/s1. The number of nitrogens with zero attached hydrogens (tertiary/aromatic N) is 2. The van der Waals surface area contributed by atoms with Crippen LogP contribution in [0.1, 0.15) is 46.4 Å². The van der Waals surface area contributed by atoms with Gasteiger partial charge < -0.3 is 19.7 Å². The number of carbonyl (C=O) groups is 3. The number of halogens is 2. The maximum absolute atomic E-state index is 14.2. The van der Waals surface area contributed by atoms with E-state index in [1.165, 1.54) is 46.2 Å². The minimum atomic E-state index is -1.15. The third-order valence-electron chi connectivity index (χ3n) is 7.32. The molecule has 2 atom stereocenters. The van der Waals surface area contributed by atoms with Crippen LogP contribution in [0.4, 0.5) is 8.78 Å². The second kappa shape index (κ2) is 10.5. The van der Waals surface area contributed by atoms with Gasteiger partial charge in [-0.05, 0) is 43.2 Å². The maximum atomic E-state index is 14.2. The number of nitrogens with one attached hydrogen (secondary N) is 1. The highest BCUT2D eigenvalue weighted by Gasteiger charge is 2.54. The van der Waals surface area contributed by atoms with Gasteiger partial charge in [0.25, 0.3) is 11.8 Å². The van der Waals surface area contributed by atoms with Crippen LogP contribution in [0.15, 0.2) is 48.5 Å². The topological polar surface area (TPSA) is 88.2 Å². The van der Waals surface area contributed by atoms with Crippen molar-refractivity contribution in [2.75, 3.05) is 32.8 Å². The zero-order valence-corrected chi connectivity index (χ0v) is 20.3. The SMILES string of the molecule is O=C(NC[C@H]1CCCO1)[C@@H]1COC2(CCN(C(=O)c3ccccc3F)CC2)N1C(=O)c1cccc(F)c1. The molecule has 196 valence electrons. The first-order valence-electron chi connectivity index (χ1n) is 12.5. The Morgan fingerprint density at radius 3 is 2.51 bits per heavy atom. The summed E-state index contributed by atoms with van der Waals surface area (Å²) in [4.78, 5) is 42.7. The van der Waals surface area contributed by atoms with Crippen LogP contribution in [0.25, 0.3) is 0 Å². The molecule has 1 spiro atoms. The molecule has 3 heterocycles. The number of rotatable bonds is 5. The predicted octanol–water partition coefficient (Wildman–Crippen LogP) is 2.73. The van der Waals surface area contributed by atoms with Crippen molar-refractivity contribution in [1.29, 1.82) is 0 Å². The lowest BCUT2D eigenvalue weighted by atomic mass is 9.96. The Bertz CT molecular complexity index is 1180. The monoisotopic (exact) mass is 513 g/mol. The highest BCUT2D eigenvalue weighted by Crippen LogP contribution is 2.39. The van der Waals surface area contributed by atoms with Gasteiger partial charge in [0.15, 0.2) is 0 Å². The number of amides is 3. The van der Waals surface area contributed by atoms with E-state index in [4.69, 9.17) is 9.47 Å². The highest BCUT2D eigenvalue weighted by molar-refractivity contribution is 5.98. The second-order valence-electron chi connectivity index (χ2n) is 9.61. The Morgan fingerprint density at radius 2 is 1.81 bits per heavy atom. The van der Waals surface area contributed by atoms with E-state index in [0.29, 0.717) is 13.2 Å². The van der Waals surface area contributed by atoms with Crippen molar-refractivity contribution in [2.24, 2.45) is 0 Å². The van der Waals surface area contributed by atoms with E-state index in [-0.39, 0.29) is 55.7 Å². The summed E-state index contributed by atoms with van der Waals surface area (Å²) >= 11 is 0. The molecule has 0 aliphatic carbocycles. The van der Waals surface area contributed by atoms with Crippen LogP contribution in [0.2, 0.25) is 0 Å². The van der Waals surface area contributed by atoms with Crippen LogP contribution in [-0.4, -0.2) is 78.2 Å². The molecule has 2 aromatic rings. The lowest BCUT2D eigenvalue weighted by molar-refractivity contribution is -0.128. The van der Waals surface area contributed by atoms with Gasteiger partial charge >= 0.3 is 0 Å². The highest BCUT2D eigenvalue weighted by atomic mass is 19.1. The first-order chi connectivity index (χ1) is 17.9. The van der Waals surface area contributed by atoms with Gasteiger partial charge in [0.1, 0.15) is 23.4 Å². The summed E-state index contributed by atoms with van der Waals surface area (Å²) in [6, 6.07) is 10.2.